The molecule has 0 unspecified atom stereocenters. The molecule has 0 bridgehead atoms. The Morgan fingerprint density at radius 3 is 2.71 bits per heavy atom. The molecule has 0 radical (unpaired) electrons. The van der Waals surface area contributed by atoms with Gasteiger partial charge in [0.25, 0.3) is 0 Å². The molecule has 7 nitrogen and oxygen atoms in total. The molecule has 1 heterocycles. The standard InChI is InChI=1S/C16H17BrN4O3/c1-24-15-6-5-12(9-19-15)20-14(22)8-13(21-16(18)23)10-3-2-4-11(17)7-10/h2-7,9,13H,8H2,1H3,(H,20,22)(H3,18,21,23)/t13-/m1/s1. The van der Waals surface area contributed by atoms with E-state index in [2.05, 4.69) is 31.5 Å². The van der Waals surface area contributed by atoms with Gasteiger partial charge < -0.3 is 21.1 Å². The second-order valence-electron chi connectivity index (χ2n) is 4.96. The van der Waals surface area contributed by atoms with E-state index in [-0.39, 0.29) is 12.3 Å². The molecule has 1 aromatic carbocycles. The average Bonchev–Trinajstić information content (AvgIpc) is 2.54. The van der Waals surface area contributed by atoms with Crippen molar-refractivity contribution in [2.45, 2.75) is 12.5 Å². The highest BCUT2D eigenvalue weighted by Crippen LogP contribution is 2.21. The number of primary amides is 1. The third kappa shape index (κ3) is 5.24. The number of amides is 3. The monoisotopic (exact) mass is 392 g/mol. The number of pyridine rings is 1. The van der Waals surface area contributed by atoms with Gasteiger partial charge in [0.15, 0.2) is 0 Å². The van der Waals surface area contributed by atoms with Gasteiger partial charge in [0, 0.05) is 10.5 Å². The number of halogens is 1. The fourth-order valence-electron chi connectivity index (χ4n) is 2.12. The number of nitrogens with two attached hydrogens (primary N) is 1. The number of urea groups is 1. The fourth-order valence-corrected chi connectivity index (χ4v) is 2.54. The molecule has 1 aromatic heterocycles. The Balaban J connectivity index is 2.07. The number of aromatic nitrogens is 1. The van der Waals surface area contributed by atoms with Crippen molar-refractivity contribution in [3.8, 4) is 5.88 Å². The summed E-state index contributed by atoms with van der Waals surface area (Å²) in [7, 11) is 1.51. The minimum absolute atomic E-state index is 0.0332. The average molecular weight is 393 g/mol. The minimum atomic E-state index is -0.695. The molecule has 126 valence electrons. The maximum Gasteiger partial charge on any atom is 0.312 e. The summed E-state index contributed by atoms with van der Waals surface area (Å²) in [6.07, 6.45) is 1.53. The molecular formula is C16H17BrN4O3. The summed E-state index contributed by atoms with van der Waals surface area (Å²) >= 11 is 3.37. The van der Waals surface area contributed by atoms with E-state index in [1.807, 2.05) is 24.3 Å². The number of carbonyl (C=O) groups excluding carboxylic acids is 2. The largest absolute Gasteiger partial charge is 0.481 e. The van der Waals surface area contributed by atoms with Gasteiger partial charge in [-0.05, 0) is 23.8 Å². The Hall–Kier alpha value is -2.61. The van der Waals surface area contributed by atoms with Gasteiger partial charge in [0.05, 0.1) is 31.5 Å². The van der Waals surface area contributed by atoms with Crippen LogP contribution in [0.3, 0.4) is 0 Å². The fraction of sp³-hybridized carbons (Fsp3) is 0.188. The Labute approximate surface area is 147 Å². The Morgan fingerprint density at radius 1 is 1.33 bits per heavy atom. The van der Waals surface area contributed by atoms with Crippen LogP contribution in [0, 0.1) is 0 Å². The highest BCUT2D eigenvalue weighted by molar-refractivity contribution is 9.10. The summed E-state index contributed by atoms with van der Waals surface area (Å²) in [6.45, 7) is 0. The van der Waals surface area contributed by atoms with Crippen molar-refractivity contribution >= 4 is 33.6 Å². The predicted molar refractivity (Wildman–Crippen MR) is 93.6 cm³/mol. The van der Waals surface area contributed by atoms with Crippen molar-refractivity contribution in [3.63, 3.8) is 0 Å². The van der Waals surface area contributed by atoms with E-state index >= 15 is 0 Å². The zero-order valence-corrected chi connectivity index (χ0v) is 14.5. The van der Waals surface area contributed by atoms with Crippen molar-refractivity contribution in [3.05, 3.63) is 52.6 Å². The van der Waals surface area contributed by atoms with Crippen LogP contribution in [0.25, 0.3) is 0 Å². The number of hydrogen-bond acceptors (Lipinski definition) is 4. The van der Waals surface area contributed by atoms with Crippen LogP contribution in [0.1, 0.15) is 18.0 Å². The lowest BCUT2D eigenvalue weighted by molar-refractivity contribution is -0.116. The maximum atomic E-state index is 12.2. The molecule has 0 fully saturated rings. The molecule has 0 aliphatic rings. The van der Waals surface area contributed by atoms with Crippen LogP contribution in [0.15, 0.2) is 47.1 Å². The van der Waals surface area contributed by atoms with Crippen molar-refractivity contribution in [2.24, 2.45) is 5.73 Å². The highest BCUT2D eigenvalue weighted by atomic mass is 79.9. The molecule has 8 heteroatoms. The third-order valence-electron chi connectivity index (χ3n) is 3.19. The van der Waals surface area contributed by atoms with E-state index < -0.39 is 12.1 Å². The van der Waals surface area contributed by atoms with Crippen molar-refractivity contribution in [2.75, 3.05) is 12.4 Å². The summed E-state index contributed by atoms with van der Waals surface area (Å²) in [5.41, 5.74) is 6.52. The van der Waals surface area contributed by atoms with Crippen molar-refractivity contribution in [1.29, 1.82) is 0 Å². The van der Waals surface area contributed by atoms with Gasteiger partial charge in [-0.25, -0.2) is 9.78 Å². The molecule has 0 aliphatic carbocycles. The number of nitrogens with zero attached hydrogens (tertiary/aromatic N) is 1. The van der Waals surface area contributed by atoms with Crippen LogP contribution >= 0.6 is 15.9 Å². The molecule has 2 rings (SSSR count). The lowest BCUT2D eigenvalue weighted by atomic mass is 10.0. The number of hydrogen-bond donors (Lipinski definition) is 3. The number of rotatable bonds is 6. The van der Waals surface area contributed by atoms with E-state index in [1.165, 1.54) is 13.3 Å². The second kappa shape index (κ2) is 8.30. The van der Waals surface area contributed by atoms with Gasteiger partial charge in [-0.15, -0.1) is 0 Å². The summed E-state index contributed by atoms with van der Waals surface area (Å²) in [5.74, 6) is 0.177. The maximum absolute atomic E-state index is 12.2. The van der Waals surface area contributed by atoms with E-state index in [0.29, 0.717) is 11.6 Å². The van der Waals surface area contributed by atoms with Crippen LogP contribution in [-0.2, 0) is 4.79 Å². The number of methoxy groups -OCH3 is 1. The topological polar surface area (TPSA) is 106 Å². The number of benzene rings is 1. The second-order valence-corrected chi connectivity index (χ2v) is 5.87. The third-order valence-corrected chi connectivity index (χ3v) is 3.68. The van der Waals surface area contributed by atoms with Gasteiger partial charge in [-0.3, -0.25) is 4.79 Å². The Bertz CT molecular complexity index is 722. The first-order chi connectivity index (χ1) is 11.5. The molecule has 3 amide bonds. The first-order valence-corrected chi connectivity index (χ1v) is 7.88. The Morgan fingerprint density at radius 2 is 2.12 bits per heavy atom. The zero-order chi connectivity index (χ0) is 17.5. The van der Waals surface area contributed by atoms with E-state index in [0.717, 1.165) is 10.0 Å². The quantitative estimate of drug-likeness (QED) is 0.701. The van der Waals surface area contributed by atoms with Crippen LogP contribution in [0.5, 0.6) is 5.88 Å². The summed E-state index contributed by atoms with van der Waals surface area (Å²) in [4.78, 5) is 27.5. The molecule has 0 spiro atoms. The molecule has 0 saturated heterocycles. The Kier molecular flexibility index (Phi) is 6.14. The summed E-state index contributed by atoms with van der Waals surface area (Å²) < 4.78 is 5.81. The number of carbonyl (C=O) groups is 2. The highest BCUT2D eigenvalue weighted by Gasteiger charge is 2.18. The molecule has 4 N–H and O–H groups in total. The van der Waals surface area contributed by atoms with E-state index in [1.54, 1.807) is 12.1 Å². The number of ether oxygens (including phenoxy) is 1. The zero-order valence-electron chi connectivity index (χ0n) is 13.0. The van der Waals surface area contributed by atoms with Gasteiger partial charge in [0.2, 0.25) is 11.8 Å². The van der Waals surface area contributed by atoms with Gasteiger partial charge in [-0.2, -0.15) is 0 Å². The molecule has 0 saturated carbocycles. The molecular weight excluding hydrogens is 376 g/mol. The normalized spacial score (nSPS) is 11.4. The lowest BCUT2D eigenvalue weighted by Gasteiger charge is -2.18. The van der Waals surface area contributed by atoms with E-state index in [9.17, 15) is 9.59 Å². The van der Waals surface area contributed by atoms with Crippen LogP contribution in [0.2, 0.25) is 0 Å². The van der Waals surface area contributed by atoms with Crippen LogP contribution < -0.4 is 21.1 Å². The SMILES string of the molecule is COc1ccc(NC(=O)C[C@@H](NC(N)=O)c2cccc(Br)c2)cn1. The molecule has 2 aromatic rings. The van der Waals surface area contributed by atoms with E-state index in [4.69, 9.17) is 10.5 Å². The minimum Gasteiger partial charge on any atom is -0.481 e. The van der Waals surface area contributed by atoms with Crippen molar-refractivity contribution in [1.82, 2.24) is 10.3 Å². The van der Waals surface area contributed by atoms with Crippen molar-refractivity contribution < 1.29 is 14.3 Å². The number of nitrogens with one attached hydrogen (secondary N) is 2. The van der Waals surface area contributed by atoms with Gasteiger partial charge >= 0.3 is 6.03 Å². The first kappa shape index (κ1) is 17.7. The van der Waals surface area contributed by atoms with Gasteiger partial charge in [0.1, 0.15) is 0 Å². The summed E-state index contributed by atoms with van der Waals surface area (Å²) in [5, 5.41) is 5.30. The number of anilines is 1. The van der Waals surface area contributed by atoms with Gasteiger partial charge in [-0.1, -0.05) is 28.1 Å². The molecule has 1 atom stereocenters. The molecule has 24 heavy (non-hydrogen) atoms. The summed E-state index contributed by atoms with van der Waals surface area (Å²) in [6, 6.07) is 9.40. The lowest BCUT2D eigenvalue weighted by Crippen LogP contribution is -2.35. The predicted octanol–water partition coefficient (Wildman–Crippen LogP) is 2.59. The van der Waals surface area contributed by atoms with Crippen LogP contribution in [0.4, 0.5) is 10.5 Å². The smallest absolute Gasteiger partial charge is 0.312 e. The molecule has 0 aliphatic heterocycles. The van der Waals surface area contributed by atoms with Crippen LogP contribution in [-0.4, -0.2) is 24.0 Å². The first-order valence-electron chi connectivity index (χ1n) is 7.09.